The van der Waals surface area contributed by atoms with E-state index < -0.39 is 54.9 Å². The van der Waals surface area contributed by atoms with Crippen LogP contribution >= 0.6 is 0 Å². The molecule has 0 heterocycles. The largest absolute Gasteiger partial charge is 0.462 e. The first kappa shape index (κ1) is 21.3. The van der Waals surface area contributed by atoms with E-state index in [2.05, 4.69) is 0 Å². The average Bonchev–Trinajstić information content (AvgIpc) is 2.45. The maximum atomic E-state index is 11.3. The van der Waals surface area contributed by atoms with Crippen molar-refractivity contribution in [2.75, 3.05) is 6.61 Å². The number of esters is 4. The van der Waals surface area contributed by atoms with E-state index in [9.17, 15) is 24.3 Å². The van der Waals surface area contributed by atoms with Crippen LogP contribution in [0, 0.1) is 11.3 Å². The minimum absolute atomic E-state index is 0.539. The van der Waals surface area contributed by atoms with Crippen molar-refractivity contribution in [1.82, 2.24) is 0 Å². The third kappa shape index (κ3) is 8.09. The molecule has 0 saturated heterocycles. The van der Waals surface area contributed by atoms with Crippen LogP contribution in [0.15, 0.2) is 0 Å². The summed E-state index contributed by atoms with van der Waals surface area (Å²) in [7, 11) is 0. The van der Waals surface area contributed by atoms with Crippen LogP contribution < -0.4 is 0 Å². The minimum atomic E-state index is -1.88. The summed E-state index contributed by atoms with van der Waals surface area (Å²) in [5, 5.41) is 18.6. The Morgan fingerprint density at radius 2 is 1.33 bits per heavy atom. The van der Waals surface area contributed by atoms with Crippen LogP contribution in [-0.4, -0.2) is 60.0 Å². The van der Waals surface area contributed by atoms with Crippen molar-refractivity contribution in [3.05, 3.63) is 0 Å². The monoisotopic (exact) mass is 345 g/mol. The number of aliphatic hydroxyl groups is 1. The van der Waals surface area contributed by atoms with Crippen LogP contribution in [0.2, 0.25) is 0 Å². The van der Waals surface area contributed by atoms with Gasteiger partial charge < -0.3 is 24.1 Å². The number of rotatable bonds is 8. The van der Waals surface area contributed by atoms with Crippen molar-refractivity contribution in [1.29, 1.82) is 5.26 Å². The Morgan fingerprint density at radius 1 is 0.875 bits per heavy atom. The van der Waals surface area contributed by atoms with Gasteiger partial charge in [0.15, 0.2) is 24.4 Å². The molecule has 1 N–H and O–H groups in total. The fourth-order valence-electron chi connectivity index (χ4n) is 1.73. The van der Waals surface area contributed by atoms with Crippen LogP contribution in [0.5, 0.6) is 0 Å². The Hall–Kier alpha value is -2.67. The van der Waals surface area contributed by atoms with Crippen molar-refractivity contribution in [3.63, 3.8) is 0 Å². The third-order valence-corrected chi connectivity index (χ3v) is 2.51. The first-order valence-electron chi connectivity index (χ1n) is 6.81. The Bertz CT molecular complexity index is 525. The van der Waals surface area contributed by atoms with Gasteiger partial charge in [0.25, 0.3) is 0 Å². The van der Waals surface area contributed by atoms with Gasteiger partial charge in [-0.3, -0.25) is 19.2 Å². The molecule has 4 unspecified atom stereocenters. The topological polar surface area (TPSA) is 149 Å². The van der Waals surface area contributed by atoms with Gasteiger partial charge >= 0.3 is 23.9 Å². The molecule has 0 radical (unpaired) electrons. The lowest BCUT2D eigenvalue weighted by Gasteiger charge is -2.32. The SMILES string of the molecule is CC(=O)OCC(OC(C)=O)C(OC(C)=O)C(OC(C)=O)C(O)C#N. The first-order valence-corrected chi connectivity index (χ1v) is 6.81. The van der Waals surface area contributed by atoms with Crippen LogP contribution in [0.4, 0.5) is 0 Å². The summed E-state index contributed by atoms with van der Waals surface area (Å²) in [4.78, 5) is 44.7. The lowest BCUT2D eigenvalue weighted by Crippen LogP contribution is -2.51. The highest BCUT2D eigenvalue weighted by molar-refractivity contribution is 5.68. The lowest BCUT2D eigenvalue weighted by atomic mass is 10.0. The number of ether oxygens (including phenoxy) is 4. The summed E-state index contributed by atoms with van der Waals surface area (Å²) < 4.78 is 19.4. The zero-order valence-electron chi connectivity index (χ0n) is 13.7. The molecule has 0 aliphatic rings. The van der Waals surface area contributed by atoms with Crippen molar-refractivity contribution in [2.45, 2.75) is 52.1 Å². The summed E-state index contributed by atoms with van der Waals surface area (Å²) in [5.74, 6) is -3.25. The van der Waals surface area contributed by atoms with E-state index in [1.54, 1.807) is 0 Å². The van der Waals surface area contributed by atoms with Crippen LogP contribution in [0.1, 0.15) is 27.7 Å². The smallest absolute Gasteiger partial charge is 0.303 e. The van der Waals surface area contributed by atoms with Crippen LogP contribution in [-0.2, 0) is 38.1 Å². The lowest BCUT2D eigenvalue weighted by molar-refractivity contribution is -0.195. The molecule has 0 saturated carbocycles. The van der Waals surface area contributed by atoms with Gasteiger partial charge in [0.05, 0.1) is 6.07 Å². The maximum absolute atomic E-state index is 11.3. The maximum Gasteiger partial charge on any atom is 0.303 e. The number of aliphatic hydroxyl groups excluding tert-OH is 1. The van der Waals surface area contributed by atoms with Gasteiger partial charge in [-0.2, -0.15) is 5.26 Å². The molecule has 0 aliphatic carbocycles. The molecule has 134 valence electrons. The highest BCUT2D eigenvalue weighted by Crippen LogP contribution is 2.17. The standard InChI is InChI=1S/C14H19NO9/c1-7(16)21-6-12(22-8(2)17)14(24-10(4)19)13(11(20)5-15)23-9(3)18/h11-14,20H,6H2,1-4H3. The molecule has 10 nitrogen and oxygen atoms in total. The molecule has 0 aromatic heterocycles. The van der Waals surface area contributed by atoms with Gasteiger partial charge in [0.2, 0.25) is 0 Å². The fraction of sp³-hybridized carbons (Fsp3) is 0.643. The van der Waals surface area contributed by atoms with Crippen LogP contribution in [0.3, 0.4) is 0 Å². The molecule has 10 heteroatoms. The molecule has 0 aromatic rings. The average molecular weight is 345 g/mol. The van der Waals surface area contributed by atoms with E-state index in [1.165, 1.54) is 6.07 Å². The molecule has 0 spiro atoms. The van der Waals surface area contributed by atoms with Crippen molar-refractivity contribution >= 4 is 23.9 Å². The predicted octanol–water partition coefficient (Wildman–Crippen LogP) is -0.771. The predicted molar refractivity (Wildman–Crippen MR) is 74.9 cm³/mol. The molecule has 24 heavy (non-hydrogen) atoms. The molecule has 4 atom stereocenters. The zero-order chi connectivity index (χ0) is 18.9. The second-order valence-corrected chi connectivity index (χ2v) is 4.67. The second-order valence-electron chi connectivity index (χ2n) is 4.67. The van der Waals surface area contributed by atoms with Gasteiger partial charge in [-0.15, -0.1) is 0 Å². The normalized spacial score (nSPS) is 15.0. The summed E-state index contributed by atoms with van der Waals surface area (Å²) >= 11 is 0. The highest BCUT2D eigenvalue weighted by atomic mass is 16.6. The molecule has 0 aliphatic heterocycles. The number of nitriles is 1. The molecular weight excluding hydrogens is 326 g/mol. The van der Waals surface area contributed by atoms with E-state index in [0.29, 0.717) is 0 Å². The zero-order valence-corrected chi connectivity index (χ0v) is 13.7. The molecular formula is C14H19NO9. The van der Waals surface area contributed by atoms with Gasteiger partial charge in [-0.05, 0) is 0 Å². The Balaban J connectivity index is 5.68. The Labute approximate surface area is 138 Å². The van der Waals surface area contributed by atoms with Gasteiger partial charge in [0, 0.05) is 27.7 Å². The Morgan fingerprint density at radius 3 is 1.71 bits per heavy atom. The van der Waals surface area contributed by atoms with Crippen molar-refractivity contribution in [2.24, 2.45) is 0 Å². The number of carbonyl (C=O) groups is 4. The highest BCUT2D eigenvalue weighted by Gasteiger charge is 2.42. The van der Waals surface area contributed by atoms with E-state index >= 15 is 0 Å². The Kier molecular flexibility index (Phi) is 9.04. The molecule has 0 aromatic carbocycles. The third-order valence-electron chi connectivity index (χ3n) is 2.51. The van der Waals surface area contributed by atoms with Crippen LogP contribution in [0.25, 0.3) is 0 Å². The summed E-state index contributed by atoms with van der Waals surface area (Å²) in [6.45, 7) is 3.64. The number of carbonyl (C=O) groups excluding carboxylic acids is 4. The molecule has 0 fully saturated rings. The van der Waals surface area contributed by atoms with E-state index in [1.807, 2.05) is 0 Å². The van der Waals surface area contributed by atoms with Crippen molar-refractivity contribution in [3.8, 4) is 6.07 Å². The number of hydrogen-bond donors (Lipinski definition) is 1. The summed E-state index contributed by atoms with van der Waals surface area (Å²) in [5.41, 5.74) is 0. The van der Waals surface area contributed by atoms with Gasteiger partial charge in [-0.25, -0.2) is 0 Å². The fourth-order valence-corrected chi connectivity index (χ4v) is 1.73. The number of hydrogen-bond acceptors (Lipinski definition) is 10. The molecule has 0 amide bonds. The van der Waals surface area contributed by atoms with Crippen molar-refractivity contribution < 1.29 is 43.2 Å². The molecule has 0 bridgehead atoms. The quantitative estimate of drug-likeness (QED) is 0.337. The summed E-state index contributed by atoms with van der Waals surface area (Å²) in [6.07, 6.45) is -6.50. The minimum Gasteiger partial charge on any atom is -0.462 e. The number of nitrogens with zero attached hydrogens (tertiary/aromatic N) is 1. The molecule has 0 rings (SSSR count). The first-order chi connectivity index (χ1) is 11.1. The second kappa shape index (κ2) is 10.2. The van der Waals surface area contributed by atoms with E-state index in [-0.39, 0.29) is 0 Å². The van der Waals surface area contributed by atoms with Gasteiger partial charge in [-0.1, -0.05) is 0 Å². The van der Waals surface area contributed by atoms with E-state index in [0.717, 1.165) is 27.7 Å². The summed E-state index contributed by atoms with van der Waals surface area (Å²) in [6, 6.07) is 1.44. The van der Waals surface area contributed by atoms with E-state index in [4.69, 9.17) is 24.2 Å². The van der Waals surface area contributed by atoms with Gasteiger partial charge in [0.1, 0.15) is 6.61 Å².